The number of benzene rings is 1. The molecule has 0 aliphatic rings. The monoisotopic (exact) mass is 288 g/mol. The van der Waals surface area contributed by atoms with Crippen molar-refractivity contribution in [3.05, 3.63) is 24.3 Å². The molecule has 0 aliphatic heterocycles. The quantitative estimate of drug-likeness (QED) is 0.732. The summed E-state index contributed by atoms with van der Waals surface area (Å²) in [4.78, 5) is 2.13. The molecule has 0 aromatic heterocycles. The van der Waals surface area contributed by atoms with Crippen LogP contribution in [-0.2, 0) is 0 Å². The molecule has 1 rings (SSSR count). The van der Waals surface area contributed by atoms with Crippen LogP contribution in [0.25, 0.3) is 0 Å². The summed E-state index contributed by atoms with van der Waals surface area (Å²) in [6.45, 7) is 4.08. The zero-order valence-corrected chi connectivity index (χ0v) is 11.9. The molecule has 0 radical (unpaired) electrons. The number of ether oxygens (including phenoxy) is 1. The van der Waals surface area contributed by atoms with Crippen LogP contribution in [-0.4, -0.2) is 48.9 Å². The fraction of sp³-hybridized carbons (Fsp3) is 0.571. The summed E-state index contributed by atoms with van der Waals surface area (Å²) >= 11 is 0. The highest BCUT2D eigenvalue weighted by Crippen LogP contribution is 2.17. The van der Waals surface area contributed by atoms with E-state index >= 15 is 0 Å². The van der Waals surface area contributed by atoms with Crippen molar-refractivity contribution < 1.29 is 18.6 Å². The minimum Gasteiger partial charge on any atom is -0.435 e. The van der Waals surface area contributed by atoms with Gasteiger partial charge in [-0.25, -0.2) is 0 Å². The lowest BCUT2D eigenvalue weighted by atomic mass is 10.2. The largest absolute Gasteiger partial charge is 0.435 e. The van der Waals surface area contributed by atoms with Crippen molar-refractivity contribution >= 4 is 5.69 Å². The Morgan fingerprint density at radius 2 is 1.80 bits per heavy atom. The Balaban J connectivity index is 2.37. The van der Waals surface area contributed by atoms with Crippen molar-refractivity contribution in [3.63, 3.8) is 0 Å². The van der Waals surface area contributed by atoms with Gasteiger partial charge in [0.1, 0.15) is 5.75 Å². The number of halogens is 2. The molecule has 0 fully saturated rings. The Bertz CT molecular complexity index is 370. The van der Waals surface area contributed by atoms with Gasteiger partial charge in [-0.05, 0) is 37.4 Å². The summed E-state index contributed by atoms with van der Waals surface area (Å²) in [5.41, 5.74) is 0.755. The van der Waals surface area contributed by atoms with Crippen LogP contribution in [0, 0.1) is 0 Å². The maximum absolute atomic E-state index is 12.0. The Hall–Kier alpha value is -1.40. The topological polar surface area (TPSA) is 44.7 Å². The summed E-state index contributed by atoms with van der Waals surface area (Å²) < 4.78 is 28.2. The molecular weight excluding hydrogens is 266 g/mol. The van der Waals surface area contributed by atoms with Gasteiger partial charge in [0.2, 0.25) is 0 Å². The lowest BCUT2D eigenvalue weighted by molar-refractivity contribution is -0.0498. The van der Waals surface area contributed by atoms with E-state index in [0.29, 0.717) is 13.1 Å². The average molecular weight is 288 g/mol. The molecule has 0 aliphatic carbocycles. The summed E-state index contributed by atoms with van der Waals surface area (Å²) in [7, 11) is 0. The van der Waals surface area contributed by atoms with Crippen molar-refractivity contribution in [1.29, 1.82) is 0 Å². The van der Waals surface area contributed by atoms with Crippen LogP contribution >= 0.6 is 0 Å². The fourth-order valence-corrected chi connectivity index (χ4v) is 1.83. The molecule has 0 amide bonds. The van der Waals surface area contributed by atoms with E-state index in [4.69, 9.17) is 0 Å². The van der Waals surface area contributed by atoms with E-state index < -0.39 is 12.7 Å². The maximum atomic E-state index is 12.0. The van der Waals surface area contributed by atoms with E-state index in [2.05, 4.69) is 15.0 Å². The van der Waals surface area contributed by atoms with E-state index in [9.17, 15) is 13.9 Å². The first-order valence-electron chi connectivity index (χ1n) is 6.74. The summed E-state index contributed by atoms with van der Waals surface area (Å²) in [6.07, 6.45) is -0.480. The second-order valence-electron chi connectivity index (χ2n) is 4.42. The zero-order chi connectivity index (χ0) is 15.0. The Morgan fingerprint density at radius 3 is 2.30 bits per heavy atom. The number of aliphatic hydroxyl groups excluding tert-OH is 1. The normalized spacial score (nSPS) is 12.8. The molecular formula is C14H22F2N2O2. The van der Waals surface area contributed by atoms with E-state index in [0.717, 1.165) is 18.8 Å². The Labute approximate surface area is 118 Å². The molecule has 2 N–H and O–H groups in total. The number of hydrogen-bond acceptors (Lipinski definition) is 4. The first-order chi connectivity index (χ1) is 9.55. The number of hydrogen-bond donors (Lipinski definition) is 2. The number of alkyl halides is 2. The molecule has 0 heterocycles. The molecule has 1 aromatic rings. The fourth-order valence-electron chi connectivity index (χ4n) is 1.83. The van der Waals surface area contributed by atoms with Crippen LogP contribution < -0.4 is 10.1 Å². The number of rotatable bonds is 9. The second kappa shape index (κ2) is 8.71. The molecule has 0 saturated carbocycles. The maximum Gasteiger partial charge on any atom is 0.387 e. The van der Waals surface area contributed by atoms with E-state index in [1.165, 1.54) is 12.1 Å². The molecule has 1 aromatic carbocycles. The molecule has 6 heteroatoms. The minimum absolute atomic E-state index is 0.120. The lowest BCUT2D eigenvalue weighted by Gasteiger charge is -2.22. The number of nitrogens with one attached hydrogen (secondary N) is 1. The van der Waals surface area contributed by atoms with Gasteiger partial charge >= 0.3 is 6.61 Å². The number of aliphatic hydroxyl groups is 1. The first kappa shape index (κ1) is 16.7. The lowest BCUT2D eigenvalue weighted by Crippen LogP contribution is -2.35. The molecule has 114 valence electrons. The van der Waals surface area contributed by atoms with Gasteiger partial charge in [0, 0.05) is 18.8 Å². The van der Waals surface area contributed by atoms with Gasteiger partial charge in [0.05, 0.1) is 6.10 Å². The van der Waals surface area contributed by atoms with E-state index in [1.807, 2.05) is 13.8 Å². The highest BCUT2D eigenvalue weighted by molar-refractivity contribution is 5.46. The van der Waals surface area contributed by atoms with Gasteiger partial charge in [-0.3, -0.25) is 0 Å². The van der Waals surface area contributed by atoms with Crippen molar-refractivity contribution in [1.82, 2.24) is 4.90 Å². The van der Waals surface area contributed by atoms with Gasteiger partial charge in [-0.15, -0.1) is 0 Å². The third-order valence-corrected chi connectivity index (χ3v) is 2.98. The predicted octanol–water partition coefficient (Wildman–Crippen LogP) is 2.40. The molecule has 0 saturated heterocycles. The summed E-state index contributed by atoms with van der Waals surface area (Å²) in [5, 5.41) is 12.9. The van der Waals surface area contributed by atoms with Crippen LogP contribution in [0.2, 0.25) is 0 Å². The van der Waals surface area contributed by atoms with Crippen molar-refractivity contribution in [2.24, 2.45) is 0 Å². The highest BCUT2D eigenvalue weighted by atomic mass is 19.3. The molecule has 4 nitrogen and oxygen atoms in total. The minimum atomic E-state index is -2.82. The van der Waals surface area contributed by atoms with Crippen LogP contribution in [0.3, 0.4) is 0 Å². The van der Waals surface area contributed by atoms with Gasteiger partial charge in [-0.1, -0.05) is 13.8 Å². The summed E-state index contributed by atoms with van der Waals surface area (Å²) in [6, 6.07) is 6.21. The molecule has 1 unspecified atom stereocenters. The standard InChI is InChI=1S/C14H22F2N2O2/c1-3-18(4-2)10-12(19)9-17-11-5-7-13(8-6-11)20-14(15)16/h5-8,12,14,17,19H,3-4,9-10H2,1-2H3. The SMILES string of the molecule is CCN(CC)CC(O)CNc1ccc(OC(F)F)cc1. The molecule has 0 spiro atoms. The second-order valence-corrected chi connectivity index (χ2v) is 4.42. The van der Waals surface area contributed by atoms with Crippen molar-refractivity contribution in [3.8, 4) is 5.75 Å². The van der Waals surface area contributed by atoms with Crippen LogP contribution in [0.1, 0.15) is 13.8 Å². The van der Waals surface area contributed by atoms with Gasteiger partial charge in [0.15, 0.2) is 0 Å². The van der Waals surface area contributed by atoms with Crippen molar-refractivity contribution in [2.45, 2.75) is 26.6 Å². The van der Waals surface area contributed by atoms with Crippen LogP contribution in [0.4, 0.5) is 14.5 Å². The average Bonchev–Trinajstić information content (AvgIpc) is 2.43. The smallest absolute Gasteiger partial charge is 0.387 e. The first-order valence-corrected chi connectivity index (χ1v) is 6.74. The summed E-state index contributed by atoms with van der Waals surface area (Å²) in [5.74, 6) is 0.120. The highest BCUT2D eigenvalue weighted by Gasteiger charge is 2.09. The molecule has 1 atom stereocenters. The van der Waals surface area contributed by atoms with Crippen LogP contribution in [0.5, 0.6) is 5.75 Å². The van der Waals surface area contributed by atoms with Gasteiger partial charge in [-0.2, -0.15) is 8.78 Å². The van der Waals surface area contributed by atoms with E-state index in [-0.39, 0.29) is 5.75 Å². The predicted molar refractivity (Wildman–Crippen MR) is 75.4 cm³/mol. The van der Waals surface area contributed by atoms with Crippen LogP contribution in [0.15, 0.2) is 24.3 Å². The van der Waals surface area contributed by atoms with E-state index in [1.54, 1.807) is 12.1 Å². The molecule has 20 heavy (non-hydrogen) atoms. The zero-order valence-electron chi connectivity index (χ0n) is 11.9. The number of likely N-dealkylation sites (N-methyl/N-ethyl adjacent to an activating group) is 1. The third kappa shape index (κ3) is 6.16. The van der Waals surface area contributed by atoms with Gasteiger partial charge < -0.3 is 20.1 Å². The Morgan fingerprint density at radius 1 is 1.20 bits per heavy atom. The van der Waals surface area contributed by atoms with Gasteiger partial charge in [0.25, 0.3) is 0 Å². The Kier molecular flexibility index (Phi) is 7.25. The third-order valence-electron chi connectivity index (χ3n) is 2.98. The number of anilines is 1. The molecule has 0 bridgehead atoms. The number of nitrogens with zero attached hydrogens (tertiary/aromatic N) is 1. The van der Waals surface area contributed by atoms with Crippen molar-refractivity contribution in [2.75, 3.05) is 31.5 Å².